The number of nitrogens with one attached hydrogen (secondary N) is 1. The van der Waals surface area contributed by atoms with E-state index in [1.807, 2.05) is 0 Å². The van der Waals surface area contributed by atoms with Crippen molar-refractivity contribution in [3.63, 3.8) is 0 Å². The fourth-order valence-corrected chi connectivity index (χ4v) is 1.81. The molecule has 2 aromatic heterocycles. The highest BCUT2D eigenvalue weighted by atomic mass is 32.1. The molecule has 0 bridgehead atoms. The Kier molecular flexibility index (Phi) is 5.04. The van der Waals surface area contributed by atoms with E-state index in [0.29, 0.717) is 37.0 Å². The molecule has 10 nitrogen and oxygen atoms in total. The van der Waals surface area contributed by atoms with Gasteiger partial charge in [-0.1, -0.05) is 0 Å². The Balaban J connectivity index is 1.73. The Morgan fingerprint density at radius 3 is 2.95 bits per heavy atom. The number of anilines is 2. The summed E-state index contributed by atoms with van der Waals surface area (Å²) < 4.78 is 13.3. The first-order valence-corrected chi connectivity index (χ1v) is 6.75. The molecule has 2 rings (SSSR count). The smallest absolute Gasteiger partial charge is 0.318 e. The van der Waals surface area contributed by atoms with Crippen molar-refractivity contribution in [3.8, 4) is 6.01 Å². The van der Waals surface area contributed by atoms with Crippen LogP contribution >= 0.6 is 11.7 Å². The molecule has 0 unspecified atom stereocenters. The molecule has 11 heteroatoms. The number of hydrogen-bond donors (Lipinski definition) is 4. The van der Waals surface area contributed by atoms with Crippen LogP contribution in [0.2, 0.25) is 0 Å². The molecule has 2 heterocycles. The summed E-state index contributed by atoms with van der Waals surface area (Å²) in [6.45, 7) is 1.07. The maximum absolute atomic E-state index is 5.59. The van der Waals surface area contributed by atoms with Gasteiger partial charge in [-0.2, -0.15) is 18.7 Å². The zero-order chi connectivity index (χ0) is 15.1. The summed E-state index contributed by atoms with van der Waals surface area (Å²) in [5.74, 6) is 1.26. The van der Waals surface area contributed by atoms with Crippen LogP contribution in [0.25, 0.3) is 0 Å². The minimum Gasteiger partial charge on any atom is -0.463 e. The van der Waals surface area contributed by atoms with Gasteiger partial charge < -0.3 is 27.3 Å². The third kappa shape index (κ3) is 4.72. The van der Waals surface area contributed by atoms with Crippen molar-refractivity contribution in [2.75, 3.05) is 24.2 Å². The number of aromatic nitrogens is 4. The van der Waals surface area contributed by atoms with Crippen molar-refractivity contribution in [1.82, 2.24) is 18.7 Å². The largest absolute Gasteiger partial charge is 0.463 e. The summed E-state index contributed by atoms with van der Waals surface area (Å²) in [6.07, 6.45) is 2.23. The molecule has 0 spiro atoms. The van der Waals surface area contributed by atoms with Crippen molar-refractivity contribution in [3.05, 3.63) is 12.3 Å². The van der Waals surface area contributed by atoms with E-state index in [1.165, 1.54) is 6.20 Å². The normalized spacial score (nSPS) is 10.1. The molecule has 0 aromatic carbocycles. The van der Waals surface area contributed by atoms with Crippen molar-refractivity contribution in [2.45, 2.75) is 6.42 Å². The van der Waals surface area contributed by atoms with Crippen molar-refractivity contribution in [1.29, 1.82) is 0 Å². The van der Waals surface area contributed by atoms with Gasteiger partial charge in [0.2, 0.25) is 0 Å². The van der Waals surface area contributed by atoms with Gasteiger partial charge in [-0.25, -0.2) is 4.98 Å². The second-order valence-corrected chi connectivity index (χ2v) is 4.39. The van der Waals surface area contributed by atoms with Crippen LogP contribution in [-0.4, -0.2) is 37.8 Å². The third-order valence-corrected chi connectivity index (χ3v) is 2.76. The van der Waals surface area contributed by atoms with Gasteiger partial charge >= 0.3 is 6.01 Å². The summed E-state index contributed by atoms with van der Waals surface area (Å²) in [6, 6.07) is 1.79. The number of nitrogens with two attached hydrogens (primary N) is 3. The van der Waals surface area contributed by atoms with E-state index < -0.39 is 0 Å². The standard InChI is InChI=1S/C10H15N9OS/c11-7-8(19-21-18-7)14-3-1-5-20-10-15-4-2-6(17-10)16-9(12)13/h2,4H,1,3,5H2,(H2,11,18)(H,14,19)(H4,12,13,15,16,17). The van der Waals surface area contributed by atoms with Gasteiger partial charge in [-0.05, 0) is 6.42 Å². The van der Waals surface area contributed by atoms with Crippen LogP contribution in [0.4, 0.5) is 17.5 Å². The SMILES string of the molecule is NC(N)=Nc1ccnc(OCCCNc2nsnc2N)n1. The highest BCUT2D eigenvalue weighted by Crippen LogP contribution is 2.13. The first-order chi connectivity index (χ1) is 10.1. The summed E-state index contributed by atoms with van der Waals surface area (Å²) in [5.41, 5.74) is 16.1. The molecule has 21 heavy (non-hydrogen) atoms. The molecular formula is C10H15N9OS. The van der Waals surface area contributed by atoms with Gasteiger partial charge in [0.15, 0.2) is 23.4 Å². The van der Waals surface area contributed by atoms with Gasteiger partial charge in [0.05, 0.1) is 18.3 Å². The minimum absolute atomic E-state index is 0.0710. The summed E-state index contributed by atoms with van der Waals surface area (Å²) >= 11 is 1.06. The molecule has 0 saturated carbocycles. The van der Waals surface area contributed by atoms with Crippen LogP contribution in [0.1, 0.15) is 6.42 Å². The lowest BCUT2D eigenvalue weighted by atomic mass is 10.4. The van der Waals surface area contributed by atoms with E-state index in [-0.39, 0.29) is 12.0 Å². The average molecular weight is 309 g/mol. The van der Waals surface area contributed by atoms with Crippen LogP contribution in [0, 0.1) is 0 Å². The molecule has 0 aliphatic rings. The number of rotatable bonds is 7. The average Bonchev–Trinajstić information content (AvgIpc) is 2.84. The van der Waals surface area contributed by atoms with Gasteiger partial charge in [-0.3, -0.25) is 0 Å². The first-order valence-electron chi connectivity index (χ1n) is 6.02. The second kappa shape index (κ2) is 7.19. The van der Waals surface area contributed by atoms with Crippen LogP contribution in [0.5, 0.6) is 6.01 Å². The lowest BCUT2D eigenvalue weighted by Gasteiger charge is -2.05. The molecule has 0 atom stereocenters. The molecular weight excluding hydrogens is 294 g/mol. The van der Waals surface area contributed by atoms with Crippen molar-refractivity contribution < 1.29 is 4.74 Å². The highest BCUT2D eigenvalue weighted by Gasteiger charge is 2.03. The first kappa shape index (κ1) is 14.7. The van der Waals surface area contributed by atoms with Gasteiger partial charge in [0, 0.05) is 18.8 Å². The zero-order valence-electron chi connectivity index (χ0n) is 11.1. The molecule has 112 valence electrons. The van der Waals surface area contributed by atoms with E-state index >= 15 is 0 Å². The van der Waals surface area contributed by atoms with Gasteiger partial charge in [-0.15, -0.1) is 0 Å². The third-order valence-electron chi connectivity index (χ3n) is 2.22. The molecule has 7 N–H and O–H groups in total. The summed E-state index contributed by atoms with van der Waals surface area (Å²) in [5, 5.41) is 3.05. The fraction of sp³-hybridized carbons (Fsp3) is 0.300. The number of nitrogens with zero attached hydrogens (tertiary/aromatic N) is 5. The Morgan fingerprint density at radius 1 is 1.38 bits per heavy atom. The molecule has 0 aliphatic heterocycles. The second-order valence-electron chi connectivity index (χ2n) is 3.86. The number of aliphatic imine (C=N–C) groups is 1. The quantitative estimate of drug-likeness (QED) is 0.305. The van der Waals surface area contributed by atoms with E-state index in [9.17, 15) is 0 Å². The Hall–Kier alpha value is -2.69. The number of nitrogen functional groups attached to an aromatic ring is 1. The van der Waals surface area contributed by atoms with Crippen molar-refractivity contribution in [2.24, 2.45) is 16.5 Å². The van der Waals surface area contributed by atoms with E-state index in [1.54, 1.807) is 6.07 Å². The predicted octanol–water partition coefficient (Wildman–Crippen LogP) is -0.304. The summed E-state index contributed by atoms with van der Waals surface area (Å²) in [4.78, 5) is 11.8. The lowest BCUT2D eigenvalue weighted by molar-refractivity contribution is 0.290. The Bertz CT molecular complexity index is 610. The molecule has 0 fully saturated rings. The minimum atomic E-state index is -0.0710. The molecule has 0 saturated heterocycles. The van der Waals surface area contributed by atoms with Crippen LogP contribution in [-0.2, 0) is 0 Å². The van der Waals surface area contributed by atoms with Crippen LogP contribution in [0.15, 0.2) is 17.3 Å². The zero-order valence-corrected chi connectivity index (χ0v) is 11.9. The topological polar surface area (TPSA) is 163 Å². The molecule has 0 amide bonds. The molecule has 2 aromatic rings. The Labute approximate surface area is 124 Å². The molecule has 0 aliphatic carbocycles. The monoisotopic (exact) mass is 309 g/mol. The maximum Gasteiger partial charge on any atom is 0.318 e. The van der Waals surface area contributed by atoms with Gasteiger partial charge in [0.25, 0.3) is 0 Å². The van der Waals surface area contributed by atoms with E-state index in [2.05, 4.69) is 29.0 Å². The van der Waals surface area contributed by atoms with Crippen LogP contribution < -0.4 is 27.3 Å². The molecule has 0 radical (unpaired) electrons. The Morgan fingerprint density at radius 2 is 2.24 bits per heavy atom. The lowest BCUT2D eigenvalue weighted by Crippen LogP contribution is -2.22. The number of ether oxygens (including phenoxy) is 1. The summed E-state index contributed by atoms with van der Waals surface area (Å²) in [7, 11) is 0. The van der Waals surface area contributed by atoms with E-state index in [0.717, 1.165) is 11.7 Å². The van der Waals surface area contributed by atoms with Crippen molar-refractivity contribution >= 4 is 35.1 Å². The predicted molar refractivity (Wildman–Crippen MR) is 80.4 cm³/mol. The maximum atomic E-state index is 5.59. The van der Waals surface area contributed by atoms with Gasteiger partial charge in [0.1, 0.15) is 0 Å². The van der Waals surface area contributed by atoms with E-state index in [4.69, 9.17) is 21.9 Å². The van der Waals surface area contributed by atoms with Crippen LogP contribution in [0.3, 0.4) is 0 Å². The number of hydrogen-bond acceptors (Lipinski definition) is 9. The number of guanidine groups is 1. The highest BCUT2D eigenvalue weighted by molar-refractivity contribution is 6.99. The fourth-order valence-electron chi connectivity index (χ4n) is 1.36.